The van der Waals surface area contributed by atoms with E-state index in [1.54, 1.807) is 6.07 Å². The Hall–Kier alpha value is -1.48. The summed E-state index contributed by atoms with van der Waals surface area (Å²) in [6.07, 6.45) is 5.92. The Labute approximate surface area is 128 Å². The van der Waals surface area contributed by atoms with E-state index >= 15 is 0 Å². The molecule has 0 radical (unpaired) electrons. The molecule has 4 heteroatoms. The largest absolute Gasteiger partial charge is 0.492 e. The van der Waals surface area contributed by atoms with Crippen LogP contribution in [0.15, 0.2) is 21.3 Å². The molecule has 0 saturated heterocycles. The van der Waals surface area contributed by atoms with E-state index in [-0.39, 0.29) is 5.63 Å². The lowest BCUT2D eigenvalue weighted by atomic mass is 9.91. The maximum atomic E-state index is 12.1. The first-order chi connectivity index (χ1) is 10.2. The molecule has 2 aromatic rings. The van der Waals surface area contributed by atoms with Gasteiger partial charge in [-0.3, -0.25) is 0 Å². The lowest BCUT2D eigenvalue weighted by Gasteiger charge is -2.17. The highest BCUT2D eigenvalue weighted by Gasteiger charge is 2.19. The summed E-state index contributed by atoms with van der Waals surface area (Å²) in [6, 6.07) is 3.63. The first-order valence-electron chi connectivity index (χ1n) is 7.61. The Morgan fingerprint density at radius 3 is 2.76 bits per heavy atom. The van der Waals surface area contributed by atoms with Gasteiger partial charge in [-0.1, -0.05) is 24.9 Å². The molecule has 0 unspecified atom stereocenters. The van der Waals surface area contributed by atoms with E-state index in [4.69, 9.17) is 20.8 Å². The number of halogens is 1. The van der Waals surface area contributed by atoms with Crippen molar-refractivity contribution in [1.82, 2.24) is 0 Å². The van der Waals surface area contributed by atoms with Crippen molar-refractivity contribution in [2.24, 2.45) is 0 Å². The number of hydrogen-bond acceptors (Lipinski definition) is 3. The lowest BCUT2D eigenvalue weighted by molar-refractivity contribution is 0.309. The van der Waals surface area contributed by atoms with Crippen molar-refractivity contribution in [3.63, 3.8) is 0 Å². The summed E-state index contributed by atoms with van der Waals surface area (Å²) in [5, 5.41) is 1.54. The summed E-state index contributed by atoms with van der Waals surface area (Å²) >= 11 is 6.32. The molecule has 1 aliphatic rings. The average molecular weight is 307 g/mol. The van der Waals surface area contributed by atoms with Gasteiger partial charge in [-0.05, 0) is 43.7 Å². The minimum Gasteiger partial charge on any atom is -0.492 e. The van der Waals surface area contributed by atoms with Gasteiger partial charge in [0.25, 0.3) is 0 Å². The standard InChI is InChI=1S/C17H19ClO3/c1-2-3-8-20-16-10-15-13(9-14(16)18)11-6-4-5-7-12(11)17(19)21-15/h9-10H,2-8H2,1H3. The van der Waals surface area contributed by atoms with Crippen molar-refractivity contribution in [2.45, 2.75) is 45.4 Å². The summed E-state index contributed by atoms with van der Waals surface area (Å²) in [5.74, 6) is 0.594. The molecule has 3 nitrogen and oxygen atoms in total. The van der Waals surface area contributed by atoms with Crippen LogP contribution in [-0.2, 0) is 12.8 Å². The third kappa shape index (κ3) is 2.80. The van der Waals surface area contributed by atoms with Crippen LogP contribution in [0.3, 0.4) is 0 Å². The molecule has 0 spiro atoms. The van der Waals surface area contributed by atoms with E-state index in [0.29, 0.717) is 23.0 Å². The van der Waals surface area contributed by atoms with Crippen LogP contribution in [0.5, 0.6) is 5.75 Å². The summed E-state index contributed by atoms with van der Waals surface area (Å²) in [5.41, 5.74) is 2.30. The Morgan fingerprint density at radius 1 is 1.24 bits per heavy atom. The first-order valence-corrected chi connectivity index (χ1v) is 7.99. The van der Waals surface area contributed by atoms with Gasteiger partial charge >= 0.3 is 5.63 Å². The molecule has 0 atom stereocenters. The van der Waals surface area contributed by atoms with E-state index in [0.717, 1.165) is 55.0 Å². The first kappa shape index (κ1) is 14.5. The van der Waals surface area contributed by atoms with Gasteiger partial charge < -0.3 is 9.15 Å². The van der Waals surface area contributed by atoms with Crippen molar-refractivity contribution >= 4 is 22.6 Å². The van der Waals surface area contributed by atoms with Crippen molar-refractivity contribution in [1.29, 1.82) is 0 Å². The van der Waals surface area contributed by atoms with Crippen molar-refractivity contribution < 1.29 is 9.15 Å². The van der Waals surface area contributed by atoms with Gasteiger partial charge in [0.1, 0.15) is 11.3 Å². The van der Waals surface area contributed by atoms with Gasteiger partial charge in [0, 0.05) is 17.0 Å². The SMILES string of the molecule is CCCCOc1cc2oc(=O)c3c(c2cc1Cl)CCCC3. The third-order valence-corrected chi connectivity index (χ3v) is 4.33. The minimum atomic E-state index is -0.209. The Kier molecular flexibility index (Phi) is 4.20. The zero-order valence-electron chi connectivity index (χ0n) is 12.2. The fraction of sp³-hybridized carbons (Fsp3) is 0.471. The van der Waals surface area contributed by atoms with E-state index in [9.17, 15) is 4.79 Å². The second-order valence-electron chi connectivity index (χ2n) is 5.53. The van der Waals surface area contributed by atoms with Crippen LogP contribution < -0.4 is 10.4 Å². The van der Waals surface area contributed by atoms with E-state index in [1.165, 1.54) is 0 Å². The van der Waals surface area contributed by atoms with Crippen LogP contribution in [0.2, 0.25) is 5.02 Å². The zero-order valence-corrected chi connectivity index (χ0v) is 13.0. The summed E-state index contributed by atoms with van der Waals surface area (Å²) < 4.78 is 11.1. The van der Waals surface area contributed by atoms with Crippen LogP contribution in [0.1, 0.15) is 43.7 Å². The quantitative estimate of drug-likeness (QED) is 0.616. The zero-order chi connectivity index (χ0) is 14.8. The lowest BCUT2D eigenvalue weighted by Crippen LogP contribution is -2.15. The second kappa shape index (κ2) is 6.10. The Balaban J connectivity index is 2.08. The summed E-state index contributed by atoms with van der Waals surface area (Å²) in [6.45, 7) is 2.73. The van der Waals surface area contributed by atoms with Gasteiger partial charge in [0.05, 0.1) is 11.6 Å². The predicted octanol–water partition coefficient (Wildman–Crippen LogP) is 4.50. The molecule has 1 aromatic heterocycles. The molecule has 0 N–H and O–H groups in total. The topological polar surface area (TPSA) is 39.4 Å². The molecule has 1 aromatic carbocycles. The molecule has 0 fully saturated rings. The molecule has 1 heterocycles. The fourth-order valence-corrected chi connectivity index (χ4v) is 3.10. The normalized spacial score (nSPS) is 14.2. The van der Waals surface area contributed by atoms with E-state index < -0.39 is 0 Å². The highest BCUT2D eigenvalue weighted by atomic mass is 35.5. The Bertz CT molecular complexity index is 718. The van der Waals surface area contributed by atoms with Crippen molar-refractivity contribution in [3.8, 4) is 5.75 Å². The molecule has 1 aliphatic carbocycles. The molecule has 0 aliphatic heterocycles. The molecule has 0 amide bonds. The van der Waals surface area contributed by atoms with E-state index in [2.05, 4.69) is 6.92 Å². The third-order valence-electron chi connectivity index (χ3n) is 4.03. The summed E-state index contributed by atoms with van der Waals surface area (Å²) in [7, 11) is 0. The van der Waals surface area contributed by atoms with Gasteiger partial charge in [-0.25, -0.2) is 4.79 Å². The van der Waals surface area contributed by atoms with Gasteiger partial charge in [-0.2, -0.15) is 0 Å². The summed E-state index contributed by atoms with van der Waals surface area (Å²) in [4.78, 5) is 12.1. The number of benzene rings is 1. The fourth-order valence-electron chi connectivity index (χ4n) is 2.88. The van der Waals surface area contributed by atoms with Gasteiger partial charge in [0.2, 0.25) is 0 Å². The monoisotopic (exact) mass is 306 g/mol. The van der Waals surface area contributed by atoms with Crippen LogP contribution >= 0.6 is 11.6 Å². The van der Waals surface area contributed by atoms with Gasteiger partial charge in [0.15, 0.2) is 0 Å². The molecule has 21 heavy (non-hydrogen) atoms. The van der Waals surface area contributed by atoms with E-state index in [1.807, 2.05) is 6.07 Å². The van der Waals surface area contributed by atoms with Crippen LogP contribution in [0.25, 0.3) is 11.0 Å². The van der Waals surface area contributed by atoms with Crippen molar-refractivity contribution in [3.05, 3.63) is 38.7 Å². The molecular formula is C17H19ClO3. The molecule has 0 bridgehead atoms. The number of fused-ring (bicyclic) bond motifs is 3. The smallest absolute Gasteiger partial charge is 0.339 e. The Morgan fingerprint density at radius 2 is 2.00 bits per heavy atom. The highest BCUT2D eigenvalue weighted by Crippen LogP contribution is 2.34. The number of unbranched alkanes of at least 4 members (excludes halogenated alkanes) is 1. The van der Waals surface area contributed by atoms with Crippen LogP contribution in [0, 0.1) is 0 Å². The number of rotatable bonds is 4. The number of aryl methyl sites for hydroxylation is 1. The van der Waals surface area contributed by atoms with Crippen LogP contribution in [-0.4, -0.2) is 6.61 Å². The van der Waals surface area contributed by atoms with Gasteiger partial charge in [-0.15, -0.1) is 0 Å². The van der Waals surface area contributed by atoms with Crippen molar-refractivity contribution in [2.75, 3.05) is 6.61 Å². The number of ether oxygens (including phenoxy) is 1. The maximum Gasteiger partial charge on any atom is 0.339 e. The minimum absolute atomic E-state index is 0.209. The maximum absolute atomic E-state index is 12.1. The second-order valence-corrected chi connectivity index (χ2v) is 5.94. The predicted molar refractivity (Wildman–Crippen MR) is 84.5 cm³/mol. The average Bonchev–Trinajstić information content (AvgIpc) is 2.49. The molecule has 112 valence electrons. The number of hydrogen-bond donors (Lipinski definition) is 0. The van der Waals surface area contributed by atoms with Crippen LogP contribution in [0.4, 0.5) is 0 Å². The molecule has 3 rings (SSSR count). The highest BCUT2D eigenvalue weighted by molar-refractivity contribution is 6.32. The molecular weight excluding hydrogens is 288 g/mol. The molecule has 0 saturated carbocycles.